The fraction of sp³-hybridized carbons (Fsp3) is 0.406. The predicted molar refractivity (Wildman–Crippen MR) is 141 cm³/mol. The minimum Gasteiger partial charge on any atom is -0.455 e. The second-order valence-electron chi connectivity index (χ2n) is 11.4. The third kappa shape index (κ3) is 3.34. The molecule has 2 heteroatoms. The van der Waals surface area contributed by atoms with E-state index in [0.717, 1.165) is 23.3 Å². The standard InChI is InChI=1S/C32H34O2/c1-19-20(2)29-16-21(19)15-22(29)17-31(33)34-32(3,4)23-13-14-28-26-11-6-5-9-24(26)25-10-7-8-12-27(25)30(28)18-23/h5-14,18-22,29H,15-17H2,1-4H3. The molecule has 5 atom stereocenters. The van der Waals surface area contributed by atoms with E-state index in [4.69, 9.17) is 4.74 Å². The molecule has 0 aliphatic heterocycles. The maximum absolute atomic E-state index is 13.1. The van der Waals surface area contributed by atoms with Gasteiger partial charge in [-0.25, -0.2) is 0 Å². The number of fused-ring (bicyclic) bond motifs is 8. The first-order valence-corrected chi connectivity index (χ1v) is 12.9. The normalized spacial score (nSPS) is 26.5. The summed E-state index contributed by atoms with van der Waals surface area (Å²) in [4.78, 5) is 13.1. The van der Waals surface area contributed by atoms with Gasteiger partial charge in [0.25, 0.3) is 0 Å². The van der Waals surface area contributed by atoms with Gasteiger partial charge < -0.3 is 4.74 Å². The number of hydrogen-bond donors (Lipinski definition) is 0. The molecule has 2 bridgehead atoms. The van der Waals surface area contributed by atoms with Crippen molar-refractivity contribution in [3.63, 3.8) is 0 Å². The molecule has 4 aromatic carbocycles. The summed E-state index contributed by atoms with van der Waals surface area (Å²) in [6, 6.07) is 23.8. The van der Waals surface area contributed by atoms with Crippen LogP contribution in [0.25, 0.3) is 32.3 Å². The lowest BCUT2D eigenvalue weighted by Crippen LogP contribution is -2.30. The maximum Gasteiger partial charge on any atom is 0.306 e. The molecule has 5 unspecified atom stereocenters. The minimum absolute atomic E-state index is 0.0501. The van der Waals surface area contributed by atoms with Crippen molar-refractivity contribution in [2.75, 3.05) is 0 Å². The van der Waals surface area contributed by atoms with Gasteiger partial charge in [0.1, 0.15) is 5.60 Å². The molecule has 34 heavy (non-hydrogen) atoms. The van der Waals surface area contributed by atoms with Gasteiger partial charge in [0.2, 0.25) is 0 Å². The van der Waals surface area contributed by atoms with Crippen molar-refractivity contribution in [1.82, 2.24) is 0 Å². The Bertz CT molecular complexity index is 1380. The van der Waals surface area contributed by atoms with Crippen molar-refractivity contribution < 1.29 is 9.53 Å². The number of rotatable bonds is 4. The number of ether oxygens (including phenoxy) is 1. The number of carbonyl (C=O) groups excluding carboxylic acids is 1. The molecule has 0 amide bonds. The highest BCUT2D eigenvalue weighted by atomic mass is 16.6. The number of esters is 1. The summed E-state index contributed by atoms with van der Waals surface area (Å²) in [5, 5.41) is 7.50. The lowest BCUT2D eigenvalue weighted by molar-refractivity contribution is -0.159. The Labute approximate surface area is 202 Å². The Balaban J connectivity index is 1.32. The average molecular weight is 451 g/mol. The molecule has 2 aliphatic rings. The van der Waals surface area contributed by atoms with Crippen molar-refractivity contribution in [2.45, 2.75) is 52.6 Å². The second kappa shape index (κ2) is 7.83. The molecule has 2 aliphatic carbocycles. The first kappa shape index (κ1) is 21.6. The third-order valence-corrected chi connectivity index (χ3v) is 9.27. The van der Waals surface area contributed by atoms with E-state index >= 15 is 0 Å². The quantitative estimate of drug-likeness (QED) is 0.231. The van der Waals surface area contributed by atoms with Crippen LogP contribution in [0.4, 0.5) is 0 Å². The van der Waals surface area contributed by atoms with Crippen LogP contribution in [0.5, 0.6) is 0 Å². The average Bonchev–Trinajstić information content (AvgIpc) is 3.37. The van der Waals surface area contributed by atoms with Gasteiger partial charge in [-0.05, 0) is 100 Å². The van der Waals surface area contributed by atoms with Crippen molar-refractivity contribution in [1.29, 1.82) is 0 Å². The minimum atomic E-state index is -0.672. The van der Waals surface area contributed by atoms with Gasteiger partial charge in [-0.3, -0.25) is 4.79 Å². The number of benzene rings is 4. The van der Waals surface area contributed by atoms with E-state index < -0.39 is 5.60 Å². The molecule has 2 nitrogen and oxygen atoms in total. The Morgan fingerprint density at radius 3 is 1.91 bits per heavy atom. The van der Waals surface area contributed by atoms with Gasteiger partial charge in [-0.1, -0.05) is 74.5 Å². The van der Waals surface area contributed by atoms with E-state index in [9.17, 15) is 4.79 Å². The van der Waals surface area contributed by atoms with Crippen LogP contribution < -0.4 is 0 Å². The van der Waals surface area contributed by atoms with Crippen LogP contribution in [0, 0.1) is 29.6 Å². The zero-order chi connectivity index (χ0) is 23.6. The molecule has 0 saturated heterocycles. The van der Waals surface area contributed by atoms with E-state index in [1.807, 2.05) is 13.8 Å². The monoisotopic (exact) mass is 450 g/mol. The molecule has 6 rings (SSSR count). The Kier molecular flexibility index (Phi) is 4.99. The summed E-state index contributed by atoms with van der Waals surface area (Å²) < 4.78 is 6.17. The molecular formula is C32H34O2. The highest BCUT2D eigenvalue weighted by Gasteiger charge is 2.49. The highest BCUT2D eigenvalue weighted by Crippen LogP contribution is 2.56. The summed E-state index contributed by atoms with van der Waals surface area (Å²) in [6.45, 7) is 8.82. The van der Waals surface area contributed by atoms with Crippen molar-refractivity contribution in [2.24, 2.45) is 29.6 Å². The van der Waals surface area contributed by atoms with Crippen LogP contribution in [-0.4, -0.2) is 5.97 Å². The van der Waals surface area contributed by atoms with Gasteiger partial charge in [0.15, 0.2) is 0 Å². The third-order valence-electron chi connectivity index (χ3n) is 9.27. The number of carbonyl (C=O) groups is 1. The van der Waals surface area contributed by atoms with Gasteiger partial charge >= 0.3 is 5.97 Å². The van der Waals surface area contributed by atoms with Crippen LogP contribution in [0.2, 0.25) is 0 Å². The van der Waals surface area contributed by atoms with Crippen LogP contribution in [0.1, 0.15) is 52.5 Å². The molecular weight excluding hydrogens is 416 g/mol. The van der Waals surface area contributed by atoms with Gasteiger partial charge in [-0.15, -0.1) is 0 Å². The molecule has 0 radical (unpaired) electrons. The zero-order valence-electron chi connectivity index (χ0n) is 20.7. The van der Waals surface area contributed by atoms with E-state index in [-0.39, 0.29) is 5.97 Å². The van der Waals surface area contributed by atoms with E-state index in [1.165, 1.54) is 45.2 Å². The molecule has 2 saturated carbocycles. The van der Waals surface area contributed by atoms with E-state index in [1.54, 1.807) is 0 Å². The summed E-state index contributed by atoms with van der Waals surface area (Å²) in [6.07, 6.45) is 3.05. The molecule has 174 valence electrons. The van der Waals surface area contributed by atoms with Crippen molar-refractivity contribution >= 4 is 38.3 Å². The van der Waals surface area contributed by atoms with Crippen LogP contribution >= 0.6 is 0 Å². The van der Waals surface area contributed by atoms with Crippen LogP contribution in [0.3, 0.4) is 0 Å². The topological polar surface area (TPSA) is 26.3 Å². The maximum atomic E-state index is 13.1. The molecule has 2 fully saturated rings. The van der Waals surface area contributed by atoms with Crippen molar-refractivity contribution in [3.8, 4) is 0 Å². The zero-order valence-corrected chi connectivity index (χ0v) is 20.7. The van der Waals surface area contributed by atoms with Crippen LogP contribution in [-0.2, 0) is 15.1 Å². The molecule has 0 heterocycles. The Morgan fingerprint density at radius 2 is 1.35 bits per heavy atom. The summed E-state index contributed by atoms with van der Waals surface area (Å²) >= 11 is 0. The predicted octanol–water partition coefficient (Wildman–Crippen LogP) is 8.24. The lowest BCUT2D eigenvalue weighted by Gasteiger charge is -2.32. The fourth-order valence-corrected chi connectivity index (χ4v) is 7.21. The molecule has 0 aromatic heterocycles. The molecule has 0 spiro atoms. The summed E-state index contributed by atoms with van der Waals surface area (Å²) in [5.41, 5.74) is 0.373. The first-order valence-electron chi connectivity index (χ1n) is 12.9. The highest BCUT2D eigenvalue weighted by molar-refractivity contribution is 6.25. The first-order chi connectivity index (χ1) is 16.3. The Morgan fingerprint density at radius 1 is 0.794 bits per heavy atom. The van der Waals surface area contributed by atoms with E-state index in [2.05, 4.69) is 80.6 Å². The summed E-state index contributed by atoms with van der Waals surface area (Å²) in [5.74, 6) is 3.47. The second-order valence-corrected chi connectivity index (χ2v) is 11.4. The summed E-state index contributed by atoms with van der Waals surface area (Å²) in [7, 11) is 0. The van der Waals surface area contributed by atoms with Crippen LogP contribution in [0.15, 0.2) is 66.7 Å². The Hall–Kier alpha value is -2.87. The SMILES string of the molecule is CC1C2CC(CC(=O)OC(C)(C)c3ccc4c5ccccc5c5ccccc5c4c3)C(C2)C1C. The number of hydrogen-bond acceptors (Lipinski definition) is 2. The molecule has 4 aromatic rings. The molecule has 0 N–H and O–H groups in total. The largest absolute Gasteiger partial charge is 0.455 e. The van der Waals surface area contributed by atoms with Gasteiger partial charge in [-0.2, -0.15) is 0 Å². The smallest absolute Gasteiger partial charge is 0.306 e. The van der Waals surface area contributed by atoms with Crippen molar-refractivity contribution in [3.05, 3.63) is 72.3 Å². The fourth-order valence-electron chi connectivity index (χ4n) is 7.21. The van der Waals surface area contributed by atoms with E-state index in [0.29, 0.717) is 18.3 Å². The lowest BCUT2D eigenvalue weighted by atomic mass is 9.74. The van der Waals surface area contributed by atoms with Gasteiger partial charge in [0, 0.05) is 6.42 Å². The van der Waals surface area contributed by atoms with Gasteiger partial charge in [0.05, 0.1) is 0 Å².